The molecule has 0 unspecified atom stereocenters. The number of carbonyl (C=O) groups excluding carboxylic acids is 1. The monoisotopic (exact) mass is 392 g/mol. The molecule has 2 aliphatic rings. The summed E-state index contributed by atoms with van der Waals surface area (Å²) in [6.45, 7) is 1.61. The van der Waals surface area contributed by atoms with Crippen LogP contribution in [0.1, 0.15) is 67.4 Å². The minimum atomic E-state index is 0.0108. The molecule has 1 saturated carbocycles. The maximum Gasteiger partial charge on any atom is 0.274 e. The Morgan fingerprint density at radius 2 is 1.66 bits per heavy atom. The zero-order chi connectivity index (χ0) is 19.9. The van der Waals surface area contributed by atoms with Gasteiger partial charge in [0.1, 0.15) is 11.5 Å². The van der Waals surface area contributed by atoms with Crippen molar-refractivity contribution in [2.24, 2.45) is 5.92 Å². The summed E-state index contributed by atoms with van der Waals surface area (Å²) in [6, 6.07) is 11.1. The van der Waals surface area contributed by atoms with Crippen LogP contribution in [0.4, 0.5) is 5.82 Å². The molecule has 29 heavy (non-hydrogen) atoms. The Labute approximate surface area is 173 Å². The fraction of sp³-hybridized carbons (Fsp3) is 0.542. The lowest BCUT2D eigenvalue weighted by molar-refractivity contribution is 0.0684. The van der Waals surface area contributed by atoms with Crippen LogP contribution < -0.4 is 5.32 Å². The number of likely N-dealkylation sites (tertiary alicyclic amines) is 1. The highest BCUT2D eigenvalue weighted by atomic mass is 16.2. The molecule has 0 radical (unpaired) electrons. The number of rotatable bonds is 5. The summed E-state index contributed by atoms with van der Waals surface area (Å²) in [5.74, 6) is 1.45. The molecule has 154 valence electrons. The van der Waals surface area contributed by atoms with Crippen molar-refractivity contribution in [2.75, 3.05) is 18.4 Å². The Hall–Kier alpha value is -2.43. The smallest absolute Gasteiger partial charge is 0.274 e. The molecule has 1 aromatic carbocycles. The summed E-state index contributed by atoms with van der Waals surface area (Å²) in [7, 11) is 0. The van der Waals surface area contributed by atoms with E-state index >= 15 is 0 Å². The number of piperidine rings is 1. The molecule has 5 nitrogen and oxygen atoms in total. The zero-order valence-corrected chi connectivity index (χ0v) is 17.2. The third-order valence-corrected chi connectivity index (χ3v) is 6.35. The van der Waals surface area contributed by atoms with Crippen LogP contribution in [-0.2, 0) is 6.42 Å². The van der Waals surface area contributed by atoms with Gasteiger partial charge >= 0.3 is 0 Å². The highest BCUT2D eigenvalue weighted by molar-refractivity contribution is 5.92. The van der Waals surface area contributed by atoms with Gasteiger partial charge in [0.05, 0.1) is 12.4 Å². The van der Waals surface area contributed by atoms with Gasteiger partial charge in [-0.25, -0.2) is 9.97 Å². The van der Waals surface area contributed by atoms with Crippen LogP contribution in [0, 0.1) is 5.92 Å². The normalized spacial score (nSPS) is 19.0. The Bertz CT molecular complexity index is 761. The second-order valence-electron chi connectivity index (χ2n) is 8.55. The van der Waals surface area contributed by atoms with E-state index < -0.39 is 0 Å². The molecule has 2 fully saturated rings. The summed E-state index contributed by atoms with van der Waals surface area (Å²) in [6.07, 6.45) is 14.2. The van der Waals surface area contributed by atoms with Crippen LogP contribution in [0.25, 0.3) is 0 Å². The molecule has 1 aliphatic heterocycles. The lowest BCUT2D eigenvalue weighted by Crippen LogP contribution is -2.39. The van der Waals surface area contributed by atoms with Crippen LogP contribution in [0.3, 0.4) is 0 Å². The molecule has 2 heterocycles. The van der Waals surface area contributed by atoms with Gasteiger partial charge in [0.25, 0.3) is 5.91 Å². The first-order chi connectivity index (χ1) is 14.3. The van der Waals surface area contributed by atoms with Crippen molar-refractivity contribution in [2.45, 2.75) is 63.8 Å². The lowest BCUT2D eigenvalue weighted by Gasteiger charge is -2.31. The Morgan fingerprint density at radius 3 is 2.31 bits per heavy atom. The quantitative estimate of drug-likeness (QED) is 0.749. The average molecular weight is 393 g/mol. The molecule has 0 atom stereocenters. The summed E-state index contributed by atoms with van der Waals surface area (Å²) < 4.78 is 0. The van der Waals surface area contributed by atoms with Crippen molar-refractivity contribution in [3.8, 4) is 0 Å². The number of nitrogens with zero attached hydrogens (tertiary/aromatic N) is 3. The van der Waals surface area contributed by atoms with Crippen LogP contribution in [0.2, 0.25) is 0 Å². The minimum Gasteiger partial charge on any atom is -0.366 e. The number of benzene rings is 1. The Kier molecular flexibility index (Phi) is 6.75. The van der Waals surface area contributed by atoms with E-state index in [0.717, 1.165) is 38.2 Å². The van der Waals surface area contributed by atoms with Gasteiger partial charge in [-0.15, -0.1) is 0 Å². The number of aromatic nitrogens is 2. The summed E-state index contributed by atoms with van der Waals surface area (Å²) in [5, 5.41) is 3.50. The van der Waals surface area contributed by atoms with E-state index in [-0.39, 0.29) is 5.91 Å². The first-order valence-electron chi connectivity index (χ1n) is 11.2. The first-order valence-corrected chi connectivity index (χ1v) is 11.2. The highest BCUT2D eigenvalue weighted by Gasteiger charge is 2.24. The third-order valence-electron chi connectivity index (χ3n) is 6.35. The van der Waals surface area contributed by atoms with Crippen LogP contribution in [0.5, 0.6) is 0 Å². The fourth-order valence-electron chi connectivity index (χ4n) is 4.60. The number of hydrogen-bond acceptors (Lipinski definition) is 4. The van der Waals surface area contributed by atoms with Crippen molar-refractivity contribution in [3.63, 3.8) is 0 Å². The molecule has 0 bridgehead atoms. The van der Waals surface area contributed by atoms with Crippen molar-refractivity contribution in [1.29, 1.82) is 0 Å². The van der Waals surface area contributed by atoms with Crippen LogP contribution >= 0.6 is 0 Å². The van der Waals surface area contributed by atoms with E-state index in [1.165, 1.54) is 44.1 Å². The molecule has 0 spiro atoms. The maximum atomic E-state index is 12.8. The van der Waals surface area contributed by atoms with E-state index in [4.69, 9.17) is 0 Å². The topological polar surface area (TPSA) is 58.1 Å². The van der Waals surface area contributed by atoms with Crippen molar-refractivity contribution in [3.05, 3.63) is 54.0 Å². The van der Waals surface area contributed by atoms with Gasteiger partial charge in [0, 0.05) is 19.1 Å². The van der Waals surface area contributed by atoms with Crippen LogP contribution in [0.15, 0.2) is 42.7 Å². The Balaban J connectivity index is 1.27. The largest absolute Gasteiger partial charge is 0.366 e. The third kappa shape index (κ3) is 5.55. The van der Waals surface area contributed by atoms with E-state index in [1.807, 2.05) is 4.90 Å². The first kappa shape index (κ1) is 19.9. The summed E-state index contributed by atoms with van der Waals surface area (Å²) in [5.41, 5.74) is 1.85. The van der Waals surface area contributed by atoms with E-state index in [9.17, 15) is 4.79 Å². The zero-order valence-electron chi connectivity index (χ0n) is 17.2. The van der Waals surface area contributed by atoms with Gasteiger partial charge < -0.3 is 10.2 Å². The summed E-state index contributed by atoms with van der Waals surface area (Å²) in [4.78, 5) is 23.6. The lowest BCUT2D eigenvalue weighted by atomic mass is 9.90. The second-order valence-corrected chi connectivity index (χ2v) is 8.55. The average Bonchev–Trinajstić information content (AvgIpc) is 3.04. The predicted molar refractivity (Wildman–Crippen MR) is 116 cm³/mol. The molecule has 5 heteroatoms. The maximum absolute atomic E-state index is 12.8. The van der Waals surface area contributed by atoms with Crippen molar-refractivity contribution in [1.82, 2.24) is 14.9 Å². The molecule has 1 aliphatic carbocycles. The molecule has 1 N–H and O–H groups in total. The summed E-state index contributed by atoms with van der Waals surface area (Å²) >= 11 is 0. The SMILES string of the molecule is O=C(c1cnc(NC2CCCCCC2)cn1)N1CCC(Cc2ccccc2)CC1. The van der Waals surface area contributed by atoms with E-state index in [1.54, 1.807) is 12.4 Å². The standard InChI is InChI=1S/C24H32N4O/c29-24(28-14-12-20(13-15-28)16-19-8-4-3-5-9-19)22-17-26-23(18-25-22)27-21-10-6-1-2-7-11-21/h3-5,8-9,17-18,20-21H,1-2,6-7,10-16H2,(H,26,27). The van der Waals surface area contributed by atoms with Gasteiger partial charge in [-0.05, 0) is 43.6 Å². The molecule has 4 rings (SSSR count). The second kappa shape index (κ2) is 9.86. The van der Waals surface area contributed by atoms with Crippen LogP contribution in [-0.4, -0.2) is 39.9 Å². The van der Waals surface area contributed by atoms with Gasteiger partial charge in [0.15, 0.2) is 0 Å². The molecule has 1 aromatic heterocycles. The Morgan fingerprint density at radius 1 is 0.931 bits per heavy atom. The highest BCUT2D eigenvalue weighted by Crippen LogP contribution is 2.23. The molecule has 2 aromatic rings. The van der Waals surface area contributed by atoms with Crippen molar-refractivity contribution >= 4 is 11.7 Å². The molecular weight excluding hydrogens is 360 g/mol. The van der Waals surface area contributed by atoms with Gasteiger partial charge in [0.2, 0.25) is 0 Å². The number of carbonyl (C=O) groups is 1. The molecular formula is C24H32N4O. The number of anilines is 1. The van der Waals surface area contributed by atoms with Crippen molar-refractivity contribution < 1.29 is 4.79 Å². The van der Waals surface area contributed by atoms with E-state index in [2.05, 4.69) is 45.6 Å². The van der Waals surface area contributed by atoms with Gasteiger partial charge in [-0.2, -0.15) is 0 Å². The van der Waals surface area contributed by atoms with E-state index in [0.29, 0.717) is 17.7 Å². The fourth-order valence-corrected chi connectivity index (χ4v) is 4.60. The van der Waals surface area contributed by atoms with Gasteiger partial charge in [-0.1, -0.05) is 56.0 Å². The van der Waals surface area contributed by atoms with Gasteiger partial charge in [-0.3, -0.25) is 4.79 Å². The predicted octanol–water partition coefficient (Wildman–Crippen LogP) is 4.71. The number of hydrogen-bond donors (Lipinski definition) is 1. The minimum absolute atomic E-state index is 0.0108. The molecule has 1 amide bonds. The number of amides is 1. The molecule has 1 saturated heterocycles. The number of nitrogens with one attached hydrogen (secondary N) is 1.